The summed E-state index contributed by atoms with van der Waals surface area (Å²) in [5, 5.41) is 9.16. The van der Waals surface area contributed by atoms with E-state index in [0.717, 1.165) is 11.3 Å². The lowest BCUT2D eigenvalue weighted by molar-refractivity contribution is -0.143. The molecule has 4 nitrogen and oxygen atoms in total. The average Bonchev–Trinajstić information content (AvgIpc) is 2.72. The lowest BCUT2D eigenvalue weighted by Gasteiger charge is -2.15. The standard InChI is InChI=1S/C13H16O4/c1-8-7-11(13(14)15)12(17-8)9-3-5-10(16-2)6-4-9/h3-6,8,11-12H,7H2,1-2H3,(H,14,15). The summed E-state index contributed by atoms with van der Waals surface area (Å²) >= 11 is 0. The van der Waals surface area contributed by atoms with Gasteiger partial charge in [0, 0.05) is 0 Å². The molecule has 17 heavy (non-hydrogen) atoms. The topological polar surface area (TPSA) is 55.8 Å². The van der Waals surface area contributed by atoms with E-state index in [-0.39, 0.29) is 12.2 Å². The molecule has 0 aliphatic carbocycles. The highest BCUT2D eigenvalue weighted by atomic mass is 16.5. The van der Waals surface area contributed by atoms with Gasteiger partial charge in [-0.25, -0.2) is 0 Å². The molecule has 0 bridgehead atoms. The van der Waals surface area contributed by atoms with Crippen molar-refractivity contribution in [1.29, 1.82) is 0 Å². The molecule has 0 radical (unpaired) electrons. The third kappa shape index (κ3) is 2.42. The molecule has 0 spiro atoms. The highest BCUT2D eigenvalue weighted by Gasteiger charge is 2.38. The second-order valence-electron chi connectivity index (χ2n) is 4.32. The Hall–Kier alpha value is -1.55. The fourth-order valence-electron chi connectivity index (χ4n) is 2.22. The van der Waals surface area contributed by atoms with E-state index < -0.39 is 11.9 Å². The third-order valence-electron chi connectivity index (χ3n) is 3.09. The van der Waals surface area contributed by atoms with Gasteiger partial charge in [0.25, 0.3) is 0 Å². The molecule has 1 aliphatic heterocycles. The van der Waals surface area contributed by atoms with Crippen LogP contribution in [-0.4, -0.2) is 24.3 Å². The summed E-state index contributed by atoms with van der Waals surface area (Å²) in [6.45, 7) is 1.90. The van der Waals surface area contributed by atoms with Crippen molar-refractivity contribution < 1.29 is 19.4 Å². The van der Waals surface area contributed by atoms with Gasteiger partial charge >= 0.3 is 5.97 Å². The predicted molar refractivity (Wildman–Crippen MR) is 62.0 cm³/mol. The van der Waals surface area contributed by atoms with Crippen LogP contribution in [0.5, 0.6) is 5.75 Å². The molecule has 3 unspecified atom stereocenters. The Morgan fingerprint density at radius 1 is 1.41 bits per heavy atom. The van der Waals surface area contributed by atoms with Gasteiger partial charge in [0.05, 0.1) is 25.2 Å². The minimum atomic E-state index is -0.796. The maximum Gasteiger partial charge on any atom is 0.309 e. The molecular formula is C13H16O4. The molecule has 1 fully saturated rings. The molecule has 0 saturated carbocycles. The van der Waals surface area contributed by atoms with Crippen LogP contribution in [0.1, 0.15) is 25.0 Å². The van der Waals surface area contributed by atoms with Gasteiger partial charge in [0.2, 0.25) is 0 Å². The number of carbonyl (C=O) groups is 1. The number of rotatable bonds is 3. The van der Waals surface area contributed by atoms with Crippen molar-refractivity contribution in [2.45, 2.75) is 25.6 Å². The van der Waals surface area contributed by atoms with Crippen LogP contribution in [0.4, 0.5) is 0 Å². The largest absolute Gasteiger partial charge is 0.497 e. The maximum absolute atomic E-state index is 11.1. The van der Waals surface area contributed by atoms with E-state index in [1.165, 1.54) is 0 Å². The van der Waals surface area contributed by atoms with Crippen LogP contribution in [0.25, 0.3) is 0 Å². The highest BCUT2D eigenvalue weighted by molar-refractivity contribution is 5.71. The molecule has 4 heteroatoms. The van der Waals surface area contributed by atoms with Crippen LogP contribution in [0.15, 0.2) is 24.3 Å². The third-order valence-corrected chi connectivity index (χ3v) is 3.09. The van der Waals surface area contributed by atoms with Gasteiger partial charge in [-0.05, 0) is 31.0 Å². The number of ether oxygens (including phenoxy) is 2. The molecule has 0 amide bonds. The number of aliphatic carboxylic acids is 1. The second-order valence-corrected chi connectivity index (χ2v) is 4.32. The predicted octanol–water partition coefficient (Wildman–Crippen LogP) is 2.25. The van der Waals surface area contributed by atoms with Crippen LogP contribution < -0.4 is 4.74 Å². The second kappa shape index (κ2) is 4.75. The molecule has 1 saturated heterocycles. The SMILES string of the molecule is COc1ccc(C2OC(C)CC2C(=O)O)cc1. The van der Waals surface area contributed by atoms with E-state index in [1.54, 1.807) is 7.11 Å². The summed E-state index contributed by atoms with van der Waals surface area (Å²) in [4.78, 5) is 11.1. The Kier molecular flexibility index (Phi) is 3.33. The molecule has 92 valence electrons. The Bertz CT molecular complexity index is 398. The van der Waals surface area contributed by atoms with Crippen molar-refractivity contribution in [3.8, 4) is 5.75 Å². The summed E-state index contributed by atoms with van der Waals surface area (Å²) < 4.78 is 10.7. The minimum absolute atomic E-state index is 0.0109. The maximum atomic E-state index is 11.1. The zero-order chi connectivity index (χ0) is 12.4. The smallest absolute Gasteiger partial charge is 0.309 e. The van der Waals surface area contributed by atoms with Crippen LogP contribution in [0.3, 0.4) is 0 Å². The van der Waals surface area contributed by atoms with Crippen molar-refractivity contribution in [3.05, 3.63) is 29.8 Å². The first-order chi connectivity index (χ1) is 8.11. The van der Waals surface area contributed by atoms with Crippen LogP contribution in [0.2, 0.25) is 0 Å². The monoisotopic (exact) mass is 236 g/mol. The van der Waals surface area contributed by atoms with E-state index in [0.29, 0.717) is 6.42 Å². The first-order valence-corrected chi connectivity index (χ1v) is 5.64. The zero-order valence-electron chi connectivity index (χ0n) is 9.92. The molecule has 1 N–H and O–H groups in total. The van der Waals surface area contributed by atoms with Crippen molar-refractivity contribution >= 4 is 5.97 Å². The Balaban J connectivity index is 2.22. The first-order valence-electron chi connectivity index (χ1n) is 5.64. The zero-order valence-corrected chi connectivity index (χ0v) is 9.92. The summed E-state index contributed by atoms with van der Waals surface area (Å²) in [5.41, 5.74) is 0.891. The van der Waals surface area contributed by atoms with Gasteiger partial charge in [-0.15, -0.1) is 0 Å². The molecule has 1 heterocycles. The minimum Gasteiger partial charge on any atom is -0.497 e. The van der Waals surface area contributed by atoms with E-state index in [9.17, 15) is 4.79 Å². The molecular weight excluding hydrogens is 220 g/mol. The summed E-state index contributed by atoms with van der Waals surface area (Å²) in [7, 11) is 1.60. The Morgan fingerprint density at radius 3 is 2.59 bits per heavy atom. The number of carboxylic acid groups (broad SMARTS) is 1. The van der Waals surface area contributed by atoms with Gasteiger partial charge in [-0.2, -0.15) is 0 Å². The van der Waals surface area contributed by atoms with Gasteiger partial charge < -0.3 is 14.6 Å². The summed E-state index contributed by atoms with van der Waals surface area (Å²) in [6.07, 6.45) is 0.197. The van der Waals surface area contributed by atoms with Crippen LogP contribution in [0, 0.1) is 5.92 Å². The van der Waals surface area contributed by atoms with Gasteiger partial charge in [0.15, 0.2) is 0 Å². The fraction of sp³-hybridized carbons (Fsp3) is 0.462. The Morgan fingerprint density at radius 2 is 2.06 bits per heavy atom. The molecule has 0 aromatic heterocycles. The van der Waals surface area contributed by atoms with Gasteiger partial charge in [0.1, 0.15) is 5.75 Å². The van der Waals surface area contributed by atoms with E-state index in [1.807, 2.05) is 31.2 Å². The quantitative estimate of drug-likeness (QED) is 0.874. The molecule has 1 aromatic rings. The normalized spacial score (nSPS) is 28.0. The van der Waals surface area contributed by atoms with Crippen molar-refractivity contribution in [2.24, 2.45) is 5.92 Å². The summed E-state index contributed by atoms with van der Waals surface area (Å²) in [6, 6.07) is 7.36. The molecule has 1 aromatic carbocycles. The lowest BCUT2D eigenvalue weighted by Crippen LogP contribution is -2.17. The first kappa shape index (κ1) is 11.9. The number of carboxylic acids is 1. The highest BCUT2D eigenvalue weighted by Crippen LogP contribution is 2.38. The van der Waals surface area contributed by atoms with Crippen molar-refractivity contribution in [1.82, 2.24) is 0 Å². The number of hydrogen-bond acceptors (Lipinski definition) is 3. The van der Waals surface area contributed by atoms with Gasteiger partial charge in [-0.3, -0.25) is 4.79 Å². The summed E-state index contributed by atoms with van der Waals surface area (Å²) in [5.74, 6) is -0.500. The van der Waals surface area contributed by atoms with Gasteiger partial charge in [-0.1, -0.05) is 12.1 Å². The number of hydrogen-bond donors (Lipinski definition) is 1. The van der Waals surface area contributed by atoms with E-state index in [2.05, 4.69) is 0 Å². The fourth-order valence-corrected chi connectivity index (χ4v) is 2.22. The lowest BCUT2D eigenvalue weighted by atomic mass is 9.94. The molecule has 2 rings (SSSR count). The van der Waals surface area contributed by atoms with Crippen molar-refractivity contribution in [2.75, 3.05) is 7.11 Å². The average molecular weight is 236 g/mol. The van der Waals surface area contributed by atoms with E-state index in [4.69, 9.17) is 14.6 Å². The van der Waals surface area contributed by atoms with Crippen LogP contribution >= 0.6 is 0 Å². The molecule has 1 aliphatic rings. The van der Waals surface area contributed by atoms with Crippen LogP contribution in [-0.2, 0) is 9.53 Å². The number of benzene rings is 1. The number of methoxy groups -OCH3 is 1. The Labute approximate surface area is 100 Å². The molecule has 3 atom stereocenters. The van der Waals surface area contributed by atoms with Crippen molar-refractivity contribution in [3.63, 3.8) is 0 Å². The van der Waals surface area contributed by atoms with E-state index >= 15 is 0 Å².